The Balaban J connectivity index is 2.76. The molecule has 1 aromatic carbocycles. The van der Waals surface area contributed by atoms with Gasteiger partial charge in [0.2, 0.25) is 5.91 Å². The Bertz CT molecular complexity index is 450. The number of carbonyl (C=O) groups excluding carboxylic acids is 1. The van der Waals surface area contributed by atoms with Gasteiger partial charge in [-0.2, -0.15) is 0 Å². The molecule has 0 spiro atoms. The van der Waals surface area contributed by atoms with E-state index in [0.717, 1.165) is 16.9 Å². The first kappa shape index (κ1) is 16.5. The lowest BCUT2D eigenvalue weighted by atomic mass is 9.97. The van der Waals surface area contributed by atoms with Crippen molar-refractivity contribution in [2.45, 2.75) is 39.4 Å². The lowest BCUT2D eigenvalue weighted by Crippen LogP contribution is -2.27. The molecule has 3 N–H and O–H groups in total. The van der Waals surface area contributed by atoms with Gasteiger partial charge in [-0.1, -0.05) is 0 Å². The molecule has 0 fully saturated rings. The highest BCUT2D eigenvalue weighted by Gasteiger charge is 2.20. The molecule has 0 saturated heterocycles. The number of aliphatic hydroxyl groups excluding tert-OH is 2. The molecule has 1 amide bonds. The van der Waals surface area contributed by atoms with Gasteiger partial charge in [0.25, 0.3) is 0 Å². The summed E-state index contributed by atoms with van der Waals surface area (Å²) in [7, 11) is 1.60. The fourth-order valence-corrected chi connectivity index (χ4v) is 2.25. The molecule has 0 radical (unpaired) electrons. The second kappa shape index (κ2) is 7.26. The first-order valence-electron chi connectivity index (χ1n) is 6.62. The van der Waals surface area contributed by atoms with Crippen LogP contribution in [0.3, 0.4) is 0 Å². The number of nitrogens with one attached hydrogen (secondary N) is 1. The lowest BCUT2D eigenvalue weighted by molar-refractivity contribution is -0.119. The standard InChI is InChI=1S/C15H23NO4/c1-9-7-12(8-10(2)15(9)20-4)14(19)13(18)5-6-16-11(3)17/h7-8,13-14,18-19H,5-6H2,1-4H3,(H,16,17). The number of carbonyl (C=O) groups is 1. The Morgan fingerprint density at radius 3 is 2.30 bits per heavy atom. The molecule has 0 aliphatic rings. The fourth-order valence-electron chi connectivity index (χ4n) is 2.25. The van der Waals surface area contributed by atoms with Crippen molar-refractivity contribution in [1.82, 2.24) is 5.32 Å². The van der Waals surface area contributed by atoms with Gasteiger partial charge in [-0.25, -0.2) is 0 Å². The van der Waals surface area contributed by atoms with Crippen LogP contribution in [0.1, 0.15) is 36.1 Å². The number of benzene rings is 1. The predicted molar refractivity (Wildman–Crippen MR) is 76.7 cm³/mol. The van der Waals surface area contributed by atoms with E-state index in [9.17, 15) is 15.0 Å². The second-order valence-corrected chi connectivity index (χ2v) is 4.97. The third kappa shape index (κ3) is 4.21. The van der Waals surface area contributed by atoms with Crippen molar-refractivity contribution >= 4 is 5.91 Å². The van der Waals surface area contributed by atoms with E-state index >= 15 is 0 Å². The maximum atomic E-state index is 10.8. The van der Waals surface area contributed by atoms with Crippen molar-refractivity contribution in [3.05, 3.63) is 28.8 Å². The molecule has 5 heteroatoms. The summed E-state index contributed by atoms with van der Waals surface area (Å²) < 4.78 is 5.27. The third-order valence-corrected chi connectivity index (χ3v) is 3.21. The lowest BCUT2D eigenvalue weighted by Gasteiger charge is -2.20. The van der Waals surface area contributed by atoms with Crippen LogP contribution >= 0.6 is 0 Å². The number of aryl methyl sites for hydroxylation is 2. The molecule has 0 heterocycles. The van der Waals surface area contributed by atoms with E-state index in [4.69, 9.17) is 4.74 Å². The molecule has 112 valence electrons. The normalized spacial score (nSPS) is 13.7. The number of amides is 1. The van der Waals surface area contributed by atoms with E-state index in [-0.39, 0.29) is 5.91 Å². The van der Waals surface area contributed by atoms with Crippen LogP contribution in [-0.4, -0.2) is 35.9 Å². The summed E-state index contributed by atoms with van der Waals surface area (Å²) in [5.41, 5.74) is 2.47. The maximum absolute atomic E-state index is 10.8. The van der Waals surface area contributed by atoms with Gasteiger partial charge in [-0.05, 0) is 49.1 Å². The first-order chi connectivity index (χ1) is 9.36. The summed E-state index contributed by atoms with van der Waals surface area (Å²) in [5.74, 6) is 0.636. The summed E-state index contributed by atoms with van der Waals surface area (Å²) >= 11 is 0. The van der Waals surface area contributed by atoms with Crippen molar-refractivity contribution in [3.63, 3.8) is 0 Å². The molecule has 0 aliphatic heterocycles. The van der Waals surface area contributed by atoms with Gasteiger partial charge in [0, 0.05) is 13.5 Å². The zero-order valence-electron chi connectivity index (χ0n) is 12.4. The third-order valence-electron chi connectivity index (χ3n) is 3.21. The van der Waals surface area contributed by atoms with Crippen LogP contribution in [-0.2, 0) is 4.79 Å². The molecule has 2 unspecified atom stereocenters. The number of ether oxygens (including phenoxy) is 1. The number of methoxy groups -OCH3 is 1. The molecule has 20 heavy (non-hydrogen) atoms. The molecule has 5 nitrogen and oxygen atoms in total. The Morgan fingerprint density at radius 2 is 1.85 bits per heavy atom. The van der Waals surface area contributed by atoms with Gasteiger partial charge >= 0.3 is 0 Å². The van der Waals surface area contributed by atoms with E-state index in [0.29, 0.717) is 18.5 Å². The number of rotatable bonds is 6. The van der Waals surface area contributed by atoms with Gasteiger partial charge in [-0.15, -0.1) is 0 Å². The summed E-state index contributed by atoms with van der Waals surface area (Å²) in [6.07, 6.45) is -1.61. The Labute approximate surface area is 119 Å². The van der Waals surface area contributed by atoms with Crippen LogP contribution in [0.15, 0.2) is 12.1 Å². The van der Waals surface area contributed by atoms with Crippen LogP contribution < -0.4 is 10.1 Å². The monoisotopic (exact) mass is 281 g/mol. The van der Waals surface area contributed by atoms with Crippen molar-refractivity contribution < 1.29 is 19.7 Å². The first-order valence-corrected chi connectivity index (χ1v) is 6.62. The maximum Gasteiger partial charge on any atom is 0.216 e. The summed E-state index contributed by atoms with van der Waals surface area (Å²) in [4.78, 5) is 10.8. The Morgan fingerprint density at radius 1 is 1.30 bits per heavy atom. The van der Waals surface area contributed by atoms with Crippen LogP contribution in [0.2, 0.25) is 0 Å². The van der Waals surface area contributed by atoms with E-state index < -0.39 is 12.2 Å². The van der Waals surface area contributed by atoms with Crippen LogP contribution in [0.4, 0.5) is 0 Å². The Hall–Kier alpha value is -1.59. The topological polar surface area (TPSA) is 78.8 Å². The minimum atomic E-state index is -0.980. The fraction of sp³-hybridized carbons (Fsp3) is 0.533. The molecule has 1 rings (SSSR count). The molecule has 0 aliphatic carbocycles. The quantitative estimate of drug-likeness (QED) is 0.733. The largest absolute Gasteiger partial charge is 0.496 e. The average molecular weight is 281 g/mol. The number of aliphatic hydroxyl groups is 2. The summed E-state index contributed by atoms with van der Waals surface area (Å²) in [6.45, 7) is 5.54. The van der Waals surface area contributed by atoms with Gasteiger partial charge in [0.05, 0.1) is 13.2 Å². The zero-order chi connectivity index (χ0) is 15.3. The van der Waals surface area contributed by atoms with Gasteiger partial charge in [-0.3, -0.25) is 4.79 Å². The molecule has 0 bridgehead atoms. The van der Waals surface area contributed by atoms with Gasteiger partial charge in [0.1, 0.15) is 11.9 Å². The average Bonchev–Trinajstić information content (AvgIpc) is 2.36. The van der Waals surface area contributed by atoms with E-state index in [2.05, 4.69) is 5.32 Å². The SMILES string of the molecule is COc1c(C)cc(C(O)C(O)CCNC(C)=O)cc1C. The number of hydrogen-bond acceptors (Lipinski definition) is 4. The zero-order valence-corrected chi connectivity index (χ0v) is 12.4. The molecule has 0 aromatic heterocycles. The second-order valence-electron chi connectivity index (χ2n) is 4.97. The van der Waals surface area contributed by atoms with Crippen molar-refractivity contribution in [2.75, 3.05) is 13.7 Å². The van der Waals surface area contributed by atoms with Crippen LogP contribution in [0.25, 0.3) is 0 Å². The molecular weight excluding hydrogens is 258 g/mol. The van der Waals surface area contributed by atoms with Crippen LogP contribution in [0.5, 0.6) is 5.75 Å². The van der Waals surface area contributed by atoms with Crippen molar-refractivity contribution in [2.24, 2.45) is 0 Å². The minimum Gasteiger partial charge on any atom is -0.496 e. The summed E-state index contributed by atoms with van der Waals surface area (Å²) in [6, 6.07) is 3.61. The van der Waals surface area contributed by atoms with E-state index in [1.807, 2.05) is 13.8 Å². The highest BCUT2D eigenvalue weighted by atomic mass is 16.5. The van der Waals surface area contributed by atoms with Crippen molar-refractivity contribution in [3.8, 4) is 5.75 Å². The smallest absolute Gasteiger partial charge is 0.216 e. The van der Waals surface area contributed by atoms with Crippen molar-refractivity contribution in [1.29, 1.82) is 0 Å². The molecule has 0 saturated carbocycles. The highest BCUT2D eigenvalue weighted by molar-refractivity contribution is 5.72. The minimum absolute atomic E-state index is 0.150. The molecule has 2 atom stereocenters. The molecular formula is C15H23NO4. The molecule has 1 aromatic rings. The Kier molecular flexibility index (Phi) is 5.98. The van der Waals surface area contributed by atoms with Gasteiger partial charge < -0.3 is 20.3 Å². The van der Waals surface area contributed by atoms with E-state index in [1.54, 1.807) is 19.2 Å². The van der Waals surface area contributed by atoms with Crippen LogP contribution in [0, 0.1) is 13.8 Å². The van der Waals surface area contributed by atoms with Gasteiger partial charge in [0.15, 0.2) is 0 Å². The van der Waals surface area contributed by atoms with E-state index in [1.165, 1.54) is 6.92 Å². The number of hydrogen-bond donors (Lipinski definition) is 3. The predicted octanol–water partition coefficient (Wildman–Crippen LogP) is 1.23. The summed E-state index contributed by atoms with van der Waals surface area (Å²) in [5, 5.41) is 22.7. The highest BCUT2D eigenvalue weighted by Crippen LogP contribution is 2.28.